The summed E-state index contributed by atoms with van der Waals surface area (Å²) in [6.45, 7) is 0. The molecule has 0 aliphatic rings. The number of hydrogen-bond acceptors (Lipinski definition) is 6. The summed E-state index contributed by atoms with van der Waals surface area (Å²) in [4.78, 5) is 7.89. The summed E-state index contributed by atoms with van der Waals surface area (Å²) in [5.74, 6) is 0.516. The summed E-state index contributed by atoms with van der Waals surface area (Å²) >= 11 is 0. The molecule has 2 heterocycles. The van der Waals surface area contributed by atoms with Crippen molar-refractivity contribution < 1.29 is 0 Å². The van der Waals surface area contributed by atoms with Crippen molar-refractivity contribution in [3.63, 3.8) is 0 Å². The molecule has 0 fully saturated rings. The highest BCUT2D eigenvalue weighted by molar-refractivity contribution is 5.82. The number of fused-ring (bicyclic) bond motifs is 1. The summed E-state index contributed by atoms with van der Waals surface area (Å²) < 4.78 is 1.55. The second-order valence-electron chi connectivity index (χ2n) is 3.95. The van der Waals surface area contributed by atoms with Gasteiger partial charge >= 0.3 is 0 Å². The molecule has 4 N–H and O–H groups in total. The van der Waals surface area contributed by atoms with Crippen LogP contribution in [-0.2, 0) is 0 Å². The Labute approximate surface area is 108 Å². The van der Waals surface area contributed by atoms with Crippen molar-refractivity contribution in [2.75, 3.05) is 11.5 Å². The SMILES string of the molecule is N#Cc1ccc2cnn(-c3nc(N)ncc3N)c2c1. The van der Waals surface area contributed by atoms with Crippen LogP contribution >= 0.6 is 0 Å². The van der Waals surface area contributed by atoms with Gasteiger partial charge in [0.1, 0.15) is 0 Å². The molecule has 1 aromatic carbocycles. The Kier molecular flexibility index (Phi) is 2.29. The van der Waals surface area contributed by atoms with E-state index in [0.29, 0.717) is 17.1 Å². The van der Waals surface area contributed by atoms with E-state index in [-0.39, 0.29) is 5.95 Å². The number of nitrogen functional groups attached to an aromatic ring is 2. The Hall–Kier alpha value is -3.14. The molecule has 0 aliphatic heterocycles. The highest BCUT2D eigenvalue weighted by atomic mass is 15.3. The fraction of sp³-hybridized carbons (Fsp3) is 0. The van der Waals surface area contributed by atoms with Crippen molar-refractivity contribution >= 4 is 22.5 Å². The maximum absolute atomic E-state index is 8.94. The first-order valence-electron chi connectivity index (χ1n) is 5.45. The lowest BCUT2D eigenvalue weighted by Gasteiger charge is -2.06. The van der Waals surface area contributed by atoms with Gasteiger partial charge in [-0.1, -0.05) is 0 Å². The first kappa shape index (κ1) is 11.0. The van der Waals surface area contributed by atoms with E-state index in [1.54, 1.807) is 23.0 Å². The van der Waals surface area contributed by atoms with E-state index in [1.165, 1.54) is 6.20 Å². The van der Waals surface area contributed by atoms with Crippen molar-refractivity contribution in [3.8, 4) is 11.9 Å². The minimum atomic E-state index is 0.115. The average Bonchev–Trinajstić information content (AvgIpc) is 2.84. The Morgan fingerprint density at radius 3 is 2.84 bits per heavy atom. The molecular formula is C12H9N7. The molecule has 92 valence electrons. The standard InChI is InChI=1S/C12H9N7/c13-4-7-1-2-8-5-17-19(10(8)3-7)11-9(14)6-16-12(15)18-11/h1-3,5-6H,14H2,(H2,15,16,18). The van der Waals surface area contributed by atoms with Gasteiger partial charge in [0.2, 0.25) is 5.95 Å². The Bertz CT molecular complexity index is 813. The number of anilines is 2. The van der Waals surface area contributed by atoms with Crippen LogP contribution in [0.3, 0.4) is 0 Å². The van der Waals surface area contributed by atoms with Crippen LogP contribution in [-0.4, -0.2) is 19.7 Å². The Morgan fingerprint density at radius 2 is 2.05 bits per heavy atom. The highest BCUT2D eigenvalue weighted by Crippen LogP contribution is 2.21. The number of hydrogen-bond donors (Lipinski definition) is 2. The van der Waals surface area contributed by atoms with Gasteiger partial charge in [-0.2, -0.15) is 15.3 Å². The molecule has 0 atom stereocenters. The molecule has 0 aliphatic carbocycles. The van der Waals surface area contributed by atoms with Gasteiger partial charge in [0.05, 0.1) is 35.2 Å². The fourth-order valence-electron chi connectivity index (χ4n) is 1.82. The van der Waals surface area contributed by atoms with Crippen molar-refractivity contribution in [1.29, 1.82) is 5.26 Å². The van der Waals surface area contributed by atoms with Gasteiger partial charge < -0.3 is 11.5 Å². The van der Waals surface area contributed by atoms with Crippen LogP contribution in [0, 0.1) is 11.3 Å². The molecular weight excluding hydrogens is 242 g/mol. The van der Waals surface area contributed by atoms with Gasteiger partial charge in [-0.05, 0) is 18.2 Å². The predicted molar refractivity (Wildman–Crippen MR) is 70.2 cm³/mol. The van der Waals surface area contributed by atoms with Crippen LogP contribution in [0.4, 0.5) is 11.6 Å². The minimum Gasteiger partial charge on any atom is -0.394 e. The quantitative estimate of drug-likeness (QED) is 0.661. The van der Waals surface area contributed by atoms with E-state index < -0.39 is 0 Å². The molecule has 3 rings (SSSR count). The monoisotopic (exact) mass is 251 g/mol. The van der Waals surface area contributed by atoms with Gasteiger partial charge in [0.15, 0.2) is 5.82 Å². The second kappa shape index (κ2) is 3.96. The van der Waals surface area contributed by atoms with E-state index in [0.717, 1.165) is 10.9 Å². The van der Waals surface area contributed by atoms with Gasteiger partial charge in [-0.3, -0.25) is 0 Å². The molecule has 3 aromatic rings. The lowest BCUT2D eigenvalue weighted by Crippen LogP contribution is -2.07. The zero-order chi connectivity index (χ0) is 13.4. The summed E-state index contributed by atoms with van der Waals surface area (Å²) in [6.07, 6.45) is 3.10. The van der Waals surface area contributed by atoms with Crippen molar-refractivity contribution in [1.82, 2.24) is 19.7 Å². The number of rotatable bonds is 1. The summed E-state index contributed by atoms with van der Waals surface area (Å²) in [5, 5.41) is 14.1. The number of nitrogens with zero attached hydrogens (tertiary/aromatic N) is 5. The highest BCUT2D eigenvalue weighted by Gasteiger charge is 2.11. The Morgan fingerprint density at radius 1 is 1.21 bits per heavy atom. The first-order valence-corrected chi connectivity index (χ1v) is 5.45. The molecule has 7 heteroatoms. The van der Waals surface area contributed by atoms with Gasteiger partial charge in [0.25, 0.3) is 0 Å². The normalized spacial score (nSPS) is 10.5. The molecule has 0 spiro atoms. The summed E-state index contributed by atoms with van der Waals surface area (Å²) in [5.41, 5.74) is 13.0. The molecule has 7 nitrogen and oxygen atoms in total. The van der Waals surface area contributed by atoms with E-state index in [1.807, 2.05) is 6.07 Å². The largest absolute Gasteiger partial charge is 0.394 e. The van der Waals surface area contributed by atoms with Crippen LogP contribution in [0.25, 0.3) is 16.7 Å². The molecule has 0 radical (unpaired) electrons. The average molecular weight is 251 g/mol. The molecule has 0 saturated heterocycles. The van der Waals surface area contributed by atoms with E-state index >= 15 is 0 Å². The van der Waals surface area contributed by atoms with E-state index in [9.17, 15) is 0 Å². The van der Waals surface area contributed by atoms with Crippen molar-refractivity contribution in [2.24, 2.45) is 0 Å². The third-order valence-corrected chi connectivity index (χ3v) is 2.72. The van der Waals surface area contributed by atoms with Crippen LogP contribution < -0.4 is 11.5 Å². The zero-order valence-corrected chi connectivity index (χ0v) is 9.78. The lowest BCUT2D eigenvalue weighted by atomic mass is 10.2. The number of nitrogens with two attached hydrogens (primary N) is 2. The van der Waals surface area contributed by atoms with Crippen LogP contribution in [0.2, 0.25) is 0 Å². The summed E-state index contributed by atoms with van der Waals surface area (Å²) in [6, 6.07) is 7.35. The van der Waals surface area contributed by atoms with E-state index in [2.05, 4.69) is 21.1 Å². The van der Waals surface area contributed by atoms with Gasteiger partial charge in [-0.25, -0.2) is 9.67 Å². The topological polar surface area (TPSA) is 119 Å². The predicted octanol–water partition coefficient (Wildman–Crippen LogP) is 0.852. The first-order chi connectivity index (χ1) is 9.19. The van der Waals surface area contributed by atoms with Crippen molar-refractivity contribution in [3.05, 3.63) is 36.2 Å². The fourth-order valence-corrected chi connectivity index (χ4v) is 1.82. The molecule has 2 aromatic heterocycles. The number of benzene rings is 1. The third kappa shape index (κ3) is 1.71. The van der Waals surface area contributed by atoms with Crippen molar-refractivity contribution in [2.45, 2.75) is 0 Å². The second-order valence-corrected chi connectivity index (χ2v) is 3.95. The molecule has 0 bridgehead atoms. The lowest BCUT2D eigenvalue weighted by molar-refractivity contribution is 0.872. The van der Waals surface area contributed by atoms with E-state index in [4.69, 9.17) is 16.7 Å². The smallest absolute Gasteiger partial charge is 0.222 e. The van der Waals surface area contributed by atoms with Crippen LogP contribution in [0.1, 0.15) is 5.56 Å². The van der Waals surface area contributed by atoms with Crippen LogP contribution in [0.5, 0.6) is 0 Å². The third-order valence-electron chi connectivity index (χ3n) is 2.72. The van der Waals surface area contributed by atoms with Gasteiger partial charge in [-0.15, -0.1) is 0 Å². The molecule has 0 saturated carbocycles. The molecule has 0 amide bonds. The Balaban J connectivity index is 2.31. The molecule has 19 heavy (non-hydrogen) atoms. The number of aromatic nitrogens is 4. The molecule has 0 unspecified atom stereocenters. The number of nitriles is 1. The minimum absolute atomic E-state index is 0.115. The van der Waals surface area contributed by atoms with Gasteiger partial charge in [0, 0.05) is 5.39 Å². The zero-order valence-electron chi connectivity index (χ0n) is 9.78. The maximum Gasteiger partial charge on any atom is 0.222 e. The van der Waals surface area contributed by atoms with Crippen LogP contribution in [0.15, 0.2) is 30.6 Å². The maximum atomic E-state index is 8.94. The summed E-state index contributed by atoms with van der Waals surface area (Å²) in [7, 11) is 0.